The van der Waals surface area contributed by atoms with Crippen LogP contribution in [0.15, 0.2) is 42.5 Å². The fourth-order valence-corrected chi connectivity index (χ4v) is 4.47. The maximum Gasteiger partial charge on any atom is 0.182 e. The third-order valence-electron chi connectivity index (χ3n) is 6.58. The van der Waals surface area contributed by atoms with Gasteiger partial charge in [0.2, 0.25) is 0 Å². The number of carbonyl (C=O) groups excluding carboxylic acids is 1. The minimum absolute atomic E-state index is 0. The van der Waals surface area contributed by atoms with Crippen molar-refractivity contribution < 1.29 is 14.6 Å². The molecule has 0 bridgehead atoms. The second-order valence-corrected chi connectivity index (χ2v) is 11.5. The number of aromatic hydroxyl groups is 1. The summed E-state index contributed by atoms with van der Waals surface area (Å²) in [5.74, 6) is 0.920. The van der Waals surface area contributed by atoms with Crippen LogP contribution in [0, 0.1) is 11.3 Å². The number of phenolic OH excluding ortho intramolecular Hbond substituents is 1. The van der Waals surface area contributed by atoms with Crippen molar-refractivity contribution in [2.45, 2.75) is 71.8 Å². The molecule has 2 aromatic carbocycles. The van der Waals surface area contributed by atoms with Gasteiger partial charge in [-0.3, -0.25) is 10.2 Å². The van der Waals surface area contributed by atoms with Crippen LogP contribution in [0.3, 0.4) is 0 Å². The molecule has 2 aromatic rings. The van der Waals surface area contributed by atoms with E-state index in [1.54, 1.807) is 0 Å². The van der Waals surface area contributed by atoms with Crippen LogP contribution in [0.5, 0.6) is 5.75 Å². The summed E-state index contributed by atoms with van der Waals surface area (Å²) in [5.41, 5.74) is 2.75. The lowest BCUT2D eigenvalue weighted by atomic mass is 9.78. The molecular weight excluding hydrogens is 504 g/mol. The normalized spacial score (nSPS) is 16.3. The number of ketones is 1. The van der Waals surface area contributed by atoms with E-state index >= 15 is 0 Å². The van der Waals surface area contributed by atoms with Crippen LogP contribution in [0.25, 0.3) is 0 Å². The van der Waals surface area contributed by atoms with Gasteiger partial charge in [-0.05, 0) is 41.4 Å². The summed E-state index contributed by atoms with van der Waals surface area (Å²) in [6.07, 6.45) is 1.66. The van der Waals surface area contributed by atoms with Crippen molar-refractivity contribution >= 4 is 28.6 Å². The molecule has 192 valence electrons. The van der Waals surface area contributed by atoms with Gasteiger partial charge in [-0.15, -0.1) is 17.0 Å². The number of hydrogen-bond donors (Lipinski definition) is 2. The zero-order valence-electron chi connectivity index (χ0n) is 22.0. The highest BCUT2D eigenvalue weighted by molar-refractivity contribution is 8.93. The first-order valence-electron chi connectivity index (χ1n) is 12.2. The highest BCUT2D eigenvalue weighted by Gasteiger charge is 2.31. The van der Waals surface area contributed by atoms with Crippen LogP contribution in [-0.4, -0.2) is 41.3 Å². The van der Waals surface area contributed by atoms with Crippen molar-refractivity contribution in [3.63, 3.8) is 0 Å². The van der Waals surface area contributed by atoms with Gasteiger partial charge in [0.05, 0.1) is 19.0 Å². The molecule has 0 unspecified atom stereocenters. The number of likely N-dealkylation sites (tertiary alicyclic amines) is 1. The van der Waals surface area contributed by atoms with Crippen LogP contribution in [-0.2, 0) is 22.2 Å². The number of phenols is 1. The Morgan fingerprint density at radius 2 is 1.63 bits per heavy atom. The van der Waals surface area contributed by atoms with Crippen LogP contribution in [0.4, 0.5) is 0 Å². The van der Waals surface area contributed by atoms with E-state index in [9.17, 15) is 9.90 Å². The summed E-state index contributed by atoms with van der Waals surface area (Å²) in [4.78, 5) is 15.2. The Hall–Kier alpha value is -2.18. The third-order valence-corrected chi connectivity index (χ3v) is 6.58. The molecule has 1 atom stereocenters. The van der Waals surface area contributed by atoms with E-state index in [1.165, 1.54) is 0 Å². The van der Waals surface area contributed by atoms with Crippen molar-refractivity contribution in [2.75, 3.05) is 19.7 Å². The highest BCUT2D eigenvalue weighted by Crippen LogP contribution is 2.40. The largest absolute Gasteiger partial charge is 0.507 e. The number of hydrogen-bond acceptors (Lipinski definition) is 4. The molecule has 2 N–H and O–H groups in total. The van der Waals surface area contributed by atoms with Gasteiger partial charge in [0, 0.05) is 35.8 Å². The Labute approximate surface area is 221 Å². The second kappa shape index (κ2) is 11.7. The minimum Gasteiger partial charge on any atom is -0.507 e. The van der Waals surface area contributed by atoms with E-state index in [2.05, 4.69) is 0 Å². The SMILES string of the molecule is Br.CC(C)(C)c1cc(C(=O)CN2CC[C@@H](CCOCc3ccccc3)C2=N)cc(C(C)(C)C)c1O. The number of benzene rings is 2. The number of nitrogens with zero attached hydrogens (tertiary/aromatic N) is 1. The predicted octanol–water partition coefficient (Wildman–Crippen LogP) is 6.65. The van der Waals surface area contributed by atoms with Crippen LogP contribution in [0.1, 0.15) is 81.4 Å². The van der Waals surface area contributed by atoms with Crippen molar-refractivity contribution in [2.24, 2.45) is 5.92 Å². The average Bonchev–Trinajstić information content (AvgIpc) is 3.09. The quantitative estimate of drug-likeness (QED) is 0.288. The van der Waals surface area contributed by atoms with Crippen LogP contribution < -0.4 is 0 Å². The maximum atomic E-state index is 13.3. The summed E-state index contributed by atoms with van der Waals surface area (Å²) in [6, 6.07) is 13.8. The third kappa shape index (κ3) is 7.40. The highest BCUT2D eigenvalue weighted by atomic mass is 79.9. The monoisotopic (exact) mass is 544 g/mol. The smallest absolute Gasteiger partial charge is 0.182 e. The molecule has 1 fully saturated rings. The Balaban J connectivity index is 0.00000432. The zero-order chi connectivity index (χ0) is 25.1. The molecule has 3 rings (SSSR count). The molecule has 6 heteroatoms. The van der Waals surface area contributed by atoms with Gasteiger partial charge in [0.15, 0.2) is 5.78 Å². The minimum atomic E-state index is -0.286. The van der Waals surface area contributed by atoms with Crippen molar-refractivity contribution in [1.29, 1.82) is 5.41 Å². The molecule has 0 radical (unpaired) electrons. The summed E-state index contributed by atoms with van der Waals surface area (Å²) < 4.78 is 5.81. The fourth-order valence-electron chi connectivity index (χ4n) is 4.47. The number of halogens is 1. The lowest BCUT2D eigenvalue weighted by molar-refractivity contribution is 0.0965. The first-order chi connectivity index (χ1) is 15.9. The van der Waals surface area contributed by atoms with Gasteiger partial charge in [0.25, 0.3) is 0 Å². The molecule has 1 saturated heterocycles. The number of Topliss-reactive ketones (excluding diaryl/α,β-unsaturated/α-hetero) is 1. The molecule has 1 aliphatic heterocycles. The Morgan fingerprint density at radius 1 is 1.06 bits per heavy atom. The number of rotatable bonds is 8. The molecule has 0 spiro atoms. The van der Waals surface area contributed by atoms with E-state index in [0.717, 1.165) is 29.5 Å². The first kappa shape index (κ1) is 29.1. The maximum absolute atomic E-state index is 13.3. The summed E-state index contributed by atoms with van der Waals surface area (Å²) in [6.45, 7) is 14.4. The van der Waals surface area contributed by atoms with Crippen LogP contribution in [0.2, 0.25) is 0 Å². The lowest BCUT2D eigenvalue weighted by Gasteiger charge is -2.28. The zero-order valence-corrected chi connectivity index (χ0v) is 23.7. The molecule has 0 amide bonds. The van der Waals surface area contributed by atoms with E-state index in [1.807, 2.05) is 88.9 Å². The molecule has 35 heavy (non-hydrogen) atoms. The van der Waals surface area contributed by atoms with Crippen molar-refractivity contribution in [3.05, 3.63) is 64.7 Å². The molecule has 1 heterocycles. The van der Waals surface area contributed by atoms with E-state index in [4.69, 9.17) is 10.1 Å². The van der Waals surface area contributed by atoms with Crippen molar-refractivity contribution in [3.8, 4) is 5.75 Å². The molecule has 0 saturated carbocycles. The van der Waals surface area contributed by atoms with Crippen LogP contribution >= 0.6 is 17.0 Å². The number of nitrogens with one attached hydrogen (secondary N) is 1. The van der Waals surface area contributed by atoms with E-state index < -0.39 is 0 Å². The Morgan fingerprint density at radius 3 is 2.17 bits per heavy atom. The molecule has 5 nitrogen and oxygen atoms in total. The van der Waals surface area contributed by atoms with E-state index in [0.29, 0.717) is 31.2 Å². The predicted molar refractivity (Wildman–Crippen MR) is 148 cm³/mol. The topological polar surface area (TPSA) is 73.6 Å². The lowest BCUT2D eigenvalue weighted by Crippen LogP contribution is -2.33. The molecule has 1 aliphatic rings. The molecular formula is C29H41BrN2O3. The van der Waals surface area contributed by atoms with Gasteiger partial charge >= 0.3 is 0 Å². The molecule has 0 aromatic heterocycles. The molecule has 0 aliphatic carbocycles. The summed E-state index contributed by atoms with van der Waals surface area (Å²) in [5, 5.41) is 19.5. The summed E-state index contributed by atoms with van der Waals surface area (Å²) in [7, 11) is 0. The number of ether oxygens (including phenoxy) is 1. The van der Waals surface area contributed by atoms with Gasteiger partial charge < -0.3 is 14.7 Å². The Kier molecular flexibility index (Phi) is 9.71. The van der Waals surface area contributed by atoms with Gasteiger partial charge in [0.1, 0.15) is 5.75 Å². The average molecular weight is 546 g/mol. The number of amidine groups is 1. The number of carbonyl (C=O) groups is 1. The first-order valence-corrected chi connectivity index (χ1v) is 12.2. The van der Waals surface area contributed by atoms with Gasteiger partial charge in [-0.1, -0.05) is 71.9 Å². The van der Waals surface area contributed by atoms with E-state index in [-0.39, 0.29) is 51.8 Å². The standard InChI is InChI=1S/C29H40N2O3.BrH/c1-28(2,3)23-16-22(17-24(26(23)33)29(4,5)6)25(32)18-31-14-12-21(27(31)30)13-15-34-19-20-10-8-7-9-11-20;/h7-11,16-17,21,30,33H,12-15,18-19H2,1-6H3;1H/t21-;/m0./s1. The van der Waals surface area contributed by atoms with Crippen molar-refractivity contribution in [1.82, 2.24) is 4.90 Å². The second-order valence-electron chi connectivity index (χ2n) is 11.5. The Bertz CT molecular complexity index is 987. The van der Waals surface area contributed by atoms with Gasteiger partial charge in [-0.2, -0.15) is 0 Å². The van der Waals surface area contributed by atoms with Gasteiger partial charge in [-0.25, -0.2) is 0 Å². The summed E-state index contributed by atoms with van der Waals surface area (Å²) >= 11 is 0. The fraction of sp³-hybridized carbons (Fsp3) is 0.517.